The number of aryl methyl sites for hydroxylation is 1. The zero-order valence-corrected chi connectivity index (χ0v) is 16.0. The van der Waals surface area contributed by atoms with Crippen molar-refractivity contribution in [3.63, 3.8) is 0 Å². The minimum atomic E-state index is -0.546. The molecule has 26 heavy (non-hydrogen) atoms. The van der Waals surface area contributed by atoms with Crippen LogP contribution in [0.15, 0.2) is 30.4 Å². The second kappa shape index (κ2) is 8.29. The third-order valence-corrected chi connectivity index (χ3v) is 5.72. The Morgan fingerprint density at radius 2 is 2.19 bits per heavy atom. The average Bonchev–Trinajstić information content (AvgIpc) is 3.13. The van der Waals surface area contributed by atoms with E-state index in [0.717, 1.165) is 18.6 Å². The van der Waals surface area contributed by atoms with Gasteiger partial charge in [0, 0.05) is 30.2 Å². The van der Waals surface area contributed by atoms with E-state index in [0.29, 0.717) is 12.8 Å². The first-order chi connectivity index (χ1) is 12.6. The standard InChI is InChI=1S/C23H30O3/c1-4-6-9-15(3)19(24)13-12-17-20(25)14-21-22(17)18-11-7-10-16(8-5-2)23(18)26-21/h7,10-13,15,17,19-22,24-25H,5,8-9,14H2,1-3H3/t15-,17+,19-,20-,21+,22+/m1/s1. The number of aliphatic hydroxyl groups is 2. The highest BCUT2D eigenvalue weighted by Crippen LogP contribution is 2.52. The maximum absolute atomic E-state index is 10.6. The lowest BCUT2D eigenvalue weighted by Crippen LogP contribution is -2.19. The SMILES string of the molecule is CC#CC[C@@H](C)[C@H](O)C=C[C@@H]1[C@H]2c3cccc(CCC)c3O[C@H]2C[C@H]1O. The number of aliphatic hydroxyl groups excluding tert-OH is 2. The zero-order chi connectivity index (χ0) is 18.7. The average molecular weight is 354 g/mol. The molecule has 1 fully saturated rings. The van der Waals surface area contributed by atoms with E-state index in [1.807, 2.05) is 26.0 Å². The minimum absolute atomic E-state index is 0.0164. The highest BCUT2D eigenvalue weighted by Gasteiger charge is 2.48. The molecule has 140 valence electrons. The molecule has 0 amide bonds. The first-order valence-electron chi connectivity index (χ1n) is 9.79. The van der Waals surface area contributed by atoms with Gasteiger partial charge in [0.15, 0.2) is 0 Å². The monoisotopic (exact) mass is 354 g/mol. The zero-order valence-electron chi connectivity index (χ0n) is 16.0. The van der Waals surface area contributed by atoms with E-state index in [2.05, 4.69) is 37.0 Å². The summed E-state index contributed by atoms with van der Waals surface area (Å²) in [6, 6.07) is 6.38. The van der Waals surface area contributed by atoms with Gasteiger partial charge in [-0.3, -0.25) is 0 Å². The van der Waals surface area contributed by atoms with Crippen molar-refractivity contribution in [1.29, 1.82) is 0 Å². The summed E-state index contributed by atoms with van der Waals surface area (Å²) in [6.45, 7) is 5.99. The summed E-state index contributed by atoms with van der Waals surface area (Å²) < 4.78 is 6.25. The van der Waals surface area contributed by atoms with Crippen molar-refractivity contribution in [3.8, 4) is 17.6 Å². The molecule has 3 rings (SSSR count). The van der Waals surface area contributed by atoms with Crippen molar-refractivity contribution >= 4 is 0 Å². The van der Waals surface area contributed by atoms with Gasteiger partial charge in [-0.1, -0.05) is 50.6 Å². The molecule has 3 heteroatoms. The predicted molar refractivity (Wildman–Crippen MR) is 104 cm³/mol. The molecule has 0 aromatic heterocycles. The molecule has 6 atom stereocenters. The van der Waals surface area contributed by atoms with Crippen molar-refractivity contribution in [3.05, 3.63) is 41.5 Å². The molecule has 0 bridgehead atoms. The Morgan fingerprint density at radius 1 is 1.38 bits per heavy atom. The Hall–Kier alpha value is -1.76. The lowest BCUT2D eigenvalue weighted by molar-refractivity contribution is 0.134. The number of hydrogen-bond acceptors (Lipinski definition) is 3. The molecule has 1 heterocycles. The van der Waals surface area contributed by atoms with Crippen LogP contribution < -0.4 is 4.74 Å². The summed E-state index contributed by atoms with van der Waals surface area (Å²) in [5.41, 5.74) is 2.48. The van der Waals surface area contributed by atoms with Crippen molar-refractivity contribution in [2.45, 2.75) is 70.7 Å². The predicted octanol–water partition coefficient (Wildman–Crippen LogP) is 3.83. The highest BCUT2D eigenvalue weighted by molar-refractivity contribution is 5.49. The first-order valence-corrected chi connectivity index (χ1v) is 9.79. The second-order valence-electron chi connectivity index (χ2n) is 7.63. The number of rotatable bonds is 6. The number of benzene rings is 1. The van der Waals surface area contributed by atoms with Crippen LogP contribution in [-0.4, -0.2) is 28.5 Å². The van der Waals surface area contributed by atoms with E-state index in [9.17, 15) is 10.2 Å². The van der Waals surface area contributed by atoms with Crippen molar-refractivity contribution in [2.24, 2.45) is 11.8 Å². The van der Waals surface area contributed by atoms with Gasteiger partial charge < -0.3 is 14.9 Å². The Labute approximate surface area is 157 Å². The van der Waals surface area contributed by atoms with Crippen LogP contribution >= 0.6 is 0 Å². The third-order valence-electron chi connectivity index (χ3n) is 5.72. The van der Waals surface area contributed by atoms with E-state index >= 15 is 0 Å². The molecule has 0 radical (unpaired) electrons. The van der Waals surface area contributed by atoms with Gasteiger partial charge >= 0.3 is 0 Å². The third kappa shape index (κ3) is 3.68. The molecular formula is C23H30O3. The maximum Gasteiger partial charge on any atom is 0.126 e. The van der Waals surface area contributed by atoms with E-state index in [1.165, 1.54) is 11.1 Å². The van der Waals surface area contributed by atoms with Crippen LogP contribution in [0.25, 0.3) is 0 Å². The van der Waals surface area contributed by atoms with Gasteiger partial charge in [0.1, 0.15) is 11.9 Å². The molecule has 0 saturated heterocycles. The molecule has 1 aromatic carbocycles. The molecule has 1 saturated carbocycles. The molecule has 0 spiro atoms. The van der Waals surface area contributed by atoms with Crippen molar-refractivity contribution in [1.82, 2.24) is 0 Å². The van der Waals surface area contributed by atoms with Crippen molar-refractivity contribution in [2.75, 3.05) is 0 Å². The molecule has 1 aromatic rings. The number of para-hydroxylation sites is 1. The summed E-state index contributed by atoms with van der Waals surface area (Å²) >= 11 is 0. The molecule has 1 aliphatic carbocycles. The van der Waals surface area contributed by atoms with Gasteiger partial charge in [0.2, 0.25) is 0 Å². The fraction of sp³-hybridized carbons (Fsp3) is 0.565. The topological polar surface area (TPSA) is 49.7 Å². The Morgan fingerprint density at radius 3 is 2.92 bits per heavy atom. The summed E-state index contributed by atoms with van der Waals surface area (Å²) in [5.74, 6) is 7.16. The molecular weight excluding hydrogens is 324 g/mol. The fourth-order valence-electron chi connectivity index (χ4n) is 4.25. The summed E-state index contributed by atoms with van der Waals surface area (Å²) in [7, 11) is 0. The molecule has 2 aliphatic rings. The van der Waals surface area contributed by atoms with E-state index < -0.39 is 12.2 Å². The minimum Gasteiger partial charge on any atom is -0.489 e. The van der Waals surface area contributed by atoms with Crippen LogP contribution in [0.3, 0.4) is 0 Å². The van der Waals surface area contributed by atoms with Gasteiger partial charge in [0.25, 0.3) is 0 Å². The number of ether oxygens (including phenoxy) is 1. The van der Waals surface area contributed by atoms with Crippen LogP contribution in [0, 0.1) is 23.7 Å². The maximum atomic E-state index is 10.6. The Balaban J connectivity index is 1.79. The van der Waals surface area contributed by atoms with Crippen LogP contribution in [-0.2, 0) is 6.42 Å². The van der Waals surface area contributed by atoms with Gasteiger partial charge in [0.05, 0.1) is 12.2 Å². The van der Waals surface area contributed by atoms with Crippen LogP contribution in [0.4, 0.5) is 0 Å². The summed E-state index contributed by atoms with van der Waals surface area (Å²) in [4.78, 5) is 0. The fourth-order valence-corrected chi connectivity index (χ4v) is 4.25. The lowest BCUT2D eigenvalue weighted by Gasteiger charge is -2.19. The van der Waals surface area contributed by atoms with E-state index in [1.54, 1.807) is 0 Å². The normalized spacial score (nSPS) is 28.8. The molecule has 1 aliphatic heterocycles. The number of fused-ring (bicyclic) bond motifs is 3. The Bertz CT molecular complexity index is 712. The highest BCUT2D eigenvalue weighted by atomic mass is 16.5. The molecule has 3 nitrogen and oxygen atoms in total. The van der Waals surface area contributed by atoms with Gasteiger partial charge in [-0.2, -0.15) is 0 Å². The second-order valence-corrected chi connectivity index (χ2v) is 7.63. The van der Waals surface area contributed by atoms with Crippen LogP contribution in [0.2, 0.25) is 0 Å². The van der Waals surface area contributed by atoms with Crippen LogP contribution in [0.1, 0.15) is 57.1 Å². The van der Waals surface area contributed by atoms with Gasteiger partial charge in [-0.25, -0.2) is 0 Å². The molecule has 0 unspecified atom stereocenters. The largest absolute Gasteiger partial charge is 0.489 e. The summed E-state index contributed by atoms with van der Waals surface area (Å²) in [5, 5.41) is 20.9. The van der Waals surface area contributed by atoms with E-state index in [4.69, 9.17) is 4.74 Å². The smallest absolute Gasteiger partial charge is 0.126 e. The molecule has 2 N–H and O–H groups in total. The Kier molecular flexibility index (Phi) is 6.06. The quantitative estimate of drug-likeness (QED) is 0.603. The number of hydrogen-bond donors (Lipinski definition) is 2. The van der Waals surface area contributed by atoms with Crippen LogP contribution in [0.5, 0.6) is 5.75 Å². The van der Waals surface area contributed by atoms with E-state index in [-0.39, 0.29) is 23.9 Å². The lowest BCUT2D eigenvalue weighted by atomic mass is 9.86. The van der Waals surface area contributed by atoms with Crippen molar-refractivity contribution < 1.29 is 14.9 Å². The first kappa shape index (κ1) is 19.0. The summed E-state index contributed by atoms with van der Waals surface area (Å²) in [6.07, 6.45) is 6.32. The van der Waals surface area contributed by atoms with Gasteiger partial charge in [-0.15, -0.1) is 11.8 Å². The van der Waals surface area contributed by atoms with Gasteiger partial charge in [-0.05, 0) is 24.8 Å².